The first kappa shape index (κ1) is 10.4. The zero-order chi connectivity index (χ0) is 11.7. The summed E-state index contributed by atoms with van der Waals surface area (Å²) in [6.07, 6.45) is 3.08. The van der Waals surface area contributed by atoms with Crippen molar-refractivity contribution in [1.82, 2.24) is 19.6 Å². The molecule has 0 radical (unpaired) electrons. The normalized spacial score (nSPS) is 10.6. The minimum Gasteiger partial charge on any atom is -0.383 e. The van der Waals surface area contributed by atoms with E-state index in [1.54, 1.807) is 24.0 Å². The molecule has 2 heterocycles. The van der Waals surface area contributed by atoms with Crippen LogP contribution in [0.25, 0.3) is 0 Å². The molecule has 2 aromatic rings. The summed E-state index contributed by atoms with van der Waals surface area (Å²) in [6, 6.07) is 1.68. The standard InChI is InChI=1S/C10H13N5O/c1-3-15-8(4-5-12-15)9(16)7-6-13-14(2)10(7)11/h4-6H,3,11H2,1-2H3. The zero-order valence-corrected chi connectivity index (χ0v) is 9.21. The fraction of sp³-hybridized carbons (Fsp3) is 0.300. The van der Waals surface area contributed by atoms with Crippen molar-refractivity contribution in [3.8, 4) is 0 Å². The number of rotatable bonds is 3. The van der Waals surface area contributed by atoms with E-state index in [1.165, 1.54) is 10.9 Å². The van der Waals surface area contributed by atoms with Crippen LogP contribution in [0.2, 0.25) is 0 Å². The maximum Gasteiger partial charge on any atom is 0.216 e. The van der Waals surface area contributed by atoms with Crippen LogP contribution in [0.5, 0.6) is 0 Å². The molecule has 2 N–H and O–H groups in total. The van der Waals surface area contributed by atoms with E-state index in [-0.39, 0.29) is 5.78 Å². The highest BCUT2D eigenvalue weighted by Crippen LogP contribution is 2.15. The molecule has 0 atom stereocenters. The molecule has 2 aromatic heterocycles. The van der Waals surface area contributed by atoms with Gasteiger partial charge in [0.2, 0.25) is 5.78 Å². The maximum absolute atomic E-state index is 12.1. The van der Waals surface area contributed by atoms with E-state index in [0.717, 1.165) is 0 Å². The average molecular weight is 219 g/mol. The highest BCUT2D eigenvalue weighted by atomic mass is 16.1. The van der Waals surface area contributed by atoms with Gasteiger partial charge in [-0.05, 0) is 13.0 Å². The predicted octanol–water partition coefficient (Wildman–Crippen LogP) is 0.450. The summed E-state index contributed by atoms with van der Waals surface area (Å²) in [5.41, 5.74) is 6.70. The van der Waals surface area contributed by atoms with Crippen molar-refractivity contribution >= 4 is 11.6 Å². The molecule has 0 fully saturated rings. The molecule has 84 valence electrons. The molecule has 0 bridgehead atoms. The van der Waals surface area contributed by atoms with Gasteiger partial charge >= 0.3 is 0 Å². The first-order chi connectivity index (χ1) is 7.65. The van der Waals surface area contributed by atoms with Gasteiger partial charge in [-0.3, -0.25) is 14.2 Å². The van der Waals surface area contributed by atoms with E-state index >= 15 is 0 Å². The molecule has 16 heavy (non-hydrogen) atoms. The Morgan fingerprint density at radius 3 is 2.81 bits per heavy atom. The van der Waals surface area contributed by atoms with Crippen molar-refractivity contribution in [1.29, 1.82) is 0 Å². The van der Waals surface area contributed by atoms with Crippen molar-refractivity contribution in [2.75, 3.05) is 5.73 Å². The van der Waals surface area contributed by atoms with Gasteiger partial charge in [0, 0.05) is 19.8 Å². The fourth-order valence-electron chi connectivity index (χ4n) is 1.54. The highest BCUT2D eigenvalue weighted by molar-refractivity contribution is 6.10. The number of carbonyl (C=O) groups excluding carboxylic acids is 1. The monoisotopic (exact) mass is 219 g/mol. The van der Waals surface area contributed by atoms with Crippen molar-refractivity contribution < 1.29 is 4.79 Å². The molecule has 0 aliphatic rings. The minimum atomic E-state index is -0.148. The number of hydrogen-bond acceptors (Lipinski definition) is 4. The number of nitrogens with two attached hydrogens (primary N) is 1. The molecule has 0 aromatic carbocycles. The number of ketones is 1. The largest absolute Gasteiger partial charge is 0.383 e. The minimum absolute atomic E-state index is 0.148. The highest BCUT2D eigenvalue weighted by Gasteiger charge is 2.18. The third-order valence-corrected chi connectivity index (χ3v) is 2.48. The van der Waals surface area contributed by atoms with Gasteiger partial charge in [0.1, 0.15) is 11.5 Å². The summed E-state index contributed by atoms with van der Waals surface area (Å²) in [5.74, 6) is 0.221. The Labute approximate surface area is 92.7 Å². The lowest BCUT2D eigenvalue weighted by atomic mass is 10.1. The molecule has 0 aliphatic heterocycles. The summed E-state index contributed by atoms with van der Waals surface area (Å²) < 4.78 is 3.11. The Morgan fingerprint density at radius 1 is 1.50 bits per heavy atom. The summed E-state index contributed by atoms with van der Waals surface area (Å²) in [6.45, 7) is 2.57. The van der Waals surface area contributed by atoms with E-state index in [2.05, 4.69) is 10.2 Å². The van der Waals surface area contributed by atoms with Gasteiger partial charge in [-0.15, -0.1) is 0 Å². The van der Waals surface area contributed by atoms with E-state index in [1.807, 2.05) is 6.92 Å². The van der Waals surface area contributed by atoms with Crippen LogP contribution in [0.4, 0.5) is 5.82 Å². The number of carbonyl (C=O) groups is 1. The summed E-state index contributed by atoms with van der Waals surface area (Å²) in [7, 11) is 1.70. The molecule has 6 heteroatoms. The van der Waals surface area contributed by atoms with Crippen molar-refractivity contribution in [2.45, 2.75) is 13.5 Å². The third kappa shape index (κ3) is 1.48. The second kappa shape index (κ2) is 3.80. The topological polar surface area (TPSA) is 78.7 Å². The molecule has 0 spiro atoms. The van der Waals surface area contributed by atoms with E-state index < -0.39 is 0 Å². The van der Waals surface area contributed by atoms with Crippen LogP contribution < -0.4 is 5.73 Å². The molecule has 0 saturated heterocycles. The lowest BCUT2D eigenvalue weighted by Gasteiger charge is -2.03. The maximum atomic E-state index is 12.1. The Hall–Kier alpha value is -2.11. The molecule has 0 saturated carbocycles. The molecular weight excluding hydrogens is 206 g/mol. The van der Waals surface area contributed by atoms with Gasteiger partial charge in [-0.1, -0.05) is 0 Å². The number of hydrogen-bond donors (Lipinski definition) is 1. The number of nitrogen functional groups attached to an aromatic ring is 1. The van der Waals surface area contributed by atoms with E-state index in [4.69, 9.17) is 5.73 Å². The van der Waals surface area contributed by atoms with Crippen molar-refractivity contribution in [3.63, 3.8) is 0 Å². The second-order valence-electron chi connectivity index (χ2n) is 3.43. The van der Waals surface area contributed by atoms with Gasteiger partial charge in [-0.2, -0.15) is 10.2 Å². The molecule has 2 rings (SSSR count). The van der Waals surface area contributed by atoms with E-state index in [9.17, 15) is 4.79 Å². The Morgan fingerprint density at radius 2 is 2.25 bits per heavy atom. The van der Waals surface area contributed by atoms with Crippen molar-refractivity contribution in [2.24, 2.45) is 7.05 Å². The van der Waals surface area contributed by atoms with Crippen LogP contribution in [-0.2, 0) is 13.6 Å². The lowest BCUT2D eigenvalue weighted by Crippen LogP contribution is -2.12. The molecule has 0 aliphatic carbocycles. The van der Waals surface area contributed by atoms with Gasteiger partial charge in [-0.25, -0.2) is 0 Å². The van der Waals surface area contributed by atoms with Gasteiger partial charge < -0.3 is 5.73 Å². The molecule has 0 unspecified atom stereocenters. The lowest BCUT2D eigenvalue weighted by molar-refractivity contribution is 0.103. The van der Waals surface area contributed by atoms with E-state index in [0.29, 0.717) is 23.6 Å². The Balaban J connectivity index is 2.43. The smallest absolute Gasteiger partial charge is 0.216 e. The SMILES string of the molecule is CCn1nccc1C(=O)c1cnn(C)c1N. The summed E-state index contributed by atoms with van der Waals surface area (Å²) >= 11 is 0. The van der Waals surface area contributed by atoms with Gasteiger partial charge in [0.25, 0.3) is 0 Å². The number of anilines is 1. The van der Waals surface area contributed by atoms with Crippen LogP contribution in [0, 0.1) is 0 Å². The Kier molecular flexibility index (Phi) is 2.47. The summed E-state index contributed by atoms with van der Waals surface area (Å²) in [4.78, 5) is 12.1. The van der Waals surface area contributed by atoms with Crippen LogP contribution in [0.1, 0.15) is 23.0 Å². The molecule has 0 amide bonds. The fourth-order valence-corrected chi connectivity index (χ4v) is 1.54. The van der Waals surface area contributed by atoms with Crippen LogP contribution in [-0.4, -0.2) is 25.3 Å². The summed E-state index contributed by atoms with van der Waals surface area (Å²) in [5, 5.41) is 7.99. The molecule has 6 nitrogen and oxygen atoms in total. The number of aromatic nitrogens is 4. The first-order valence-electron chi connectivity index (χ1n) is 4.99. The van der Waals surface area contributed by atoms with Crippen LogP contribution in [0.15, 0.2) is 18.5 Å². The van der Waals surface area contributed by atoms with Crippen LogP contribution >= 0.6 is 0 Å². The van der Waals surface area contributed by atoms with Gasteiger partial charge in [0.15, 0.2) is 0 Å². The number of nitrogens with zero attached hydrogens (tertiary/aromatic N) is 4. The number of aryl methyl sites for hydroxylation is 2. The predicted molar refractivity (Wildman–Crippen MR) is 59.0 cm³/mol. The molecular formula is C10H13N5O. The first-order valence-corrected chi connectivity index (χ1v) is 4.99. The van der Waals surface area contributed by atoms with Crippen LogP contribution in [0.3, 0.4) is 0 Å². The van der Waals surface area contributed by atoms with Crippen molar-refractivity contribution in [3.05, 3.63) is 29.7 Å². The Bertz CT molecular complexity index is 525. The third-order valence-electron chi connectivity index (χ3n) is 2.48. The zero-order valence-electron chi connectivity index (χ0n) is 9.21. The van der Waals surface area contributed by atoms with Gasteiger partial charge in [0.05, 0.1) is 11.8 Å². The average Bonchev–Trinajstić information content (AvgIpc) is 2.86. The quantitative estimate of drug-likeness (QED) is 0.760. The second-order valence-corrected chi connectivity index (χ2v) is 3.43.